The van der Waals surface area contributed by atoms with Gasteiger partial charge in [0.25, 0.3) is 0 Å². The van der Waals surface area contributed by atoms with Gasteiger partial charge in [-0.1, -0.05) is 40.5 Å². The van der Waals surface area contributed by atoms with Crippen LogP contribution in [0.5, 0.6) is 0 Å². The molecule has 0 aliphatic rings. The summed E-state index contributed by atoms with van der Waals surface area (Å²) >= 11 is 9.17. The molecule has 148 valence electrons. The Morgan fingerprint density at radius 3 is 1.48 bits per heavy atom. The van der Waals surface area contributed by atoms with Crippen LogP contribution in [-0.2, 0) is 14.3 Å². The number of carbonyl (C=O) groups excluding carboxylic acids is 2. The summed E-state index contributed by atoms with van der Waals surface area (Å²) in [6, 6.07) is 0. The predicted molar refractivity (Wildman–Crippen MR) is 113 cm³/mol. The summed E-state index contributed by atoms with van der Waals surface area (Å²) in [7, 11) is 0. The van der Waals surface area contributed by atoms with Gasteiger partial charge in [-0.05, 0) is 24.7 Å². The van der Waals surface area contributed by atoms with Crippen LogP contribution in [0, 0.1) is 11.8 Å². The first kappa shape index (κ1) is 25.0. The fraction of sp³-hybridized carbons (Fsp3) is 0.900. The zero-order valence-corrected chi connectivity index (χ0v) is 18.3. The van der Waals surface area contributed by atoms with Gasteiger partial charge in [0.1, 0.15) is 11.6 Å². The third-order valence-electron chi connectivity index (χ3n) is 4.61. The van der Waals surface area contributed by atoms with E-state index in [-0.39, 0.29) is 22.3 Å². The number of unbranched alkanes of at least 4 members (excludes halogenated alkanes) is 2. The Kier molecular flexibility index (Phi) is 15.1. The molecular formula is C20H38O3S2. The van der Waals surface area contributed by atoms with Crippen molar-refractivity contribution in [2.45, 2.75) is 89.6 Å². The molecule has 25 heavy (non-hydrogen) atoms. The first-order chi connectivity index (χ1) is 11.8. The van der Waals surface area contributed by atoms with Crippen molar-refractivity contribution in [1.29, 1.82) is 0 Å². The summed E-state index contributed by atoms with van der Waals surface area (Å²) in [5, 5.41) is 0.0974. The van der Waals surface area contributed by atoms with E-state index in [2.05, 4.69) is 53.0 Å². The highest BCUT2D eigenvalue weighted by atomic mass is 32.1. The average Bonchev–Trinajstić information content (AvgIpc) is 2.57. The standard InChI is InChI=1S/C20H38O3S2/c1-5-7-9-17(21)11-15(3)19(24)13-23-14-20(25)16(4)12-18(22)10-8-6-2/h15-16,19-20,24-25H,5-14H2,1-4H3. The molecule has 0 rings (SSSR count). The van der Waals surface area contributed by atoms with Crippen molar-refractivity contribution in [3.8, 4) is 0 Å². The smallest absolute Gasteiger partial charge is 0.133 e. The lowest BCUT2D eigenvalue weighted by Crippen LogP contribution is -2.26. The lowest BCUT2D eigenvalue weighted by molar-refractivity contribution is -0.120. The van der Waals surface area contributed by atoms with Crippen molar-refractivity contribution >= 4 is 36.8 Å². The van der Waals surface area contributed by atoms with Crippen molar-refractivity contribution < 1.29 is 14.3 Å². The van der Waals surface area contributed by atoms with Crippen molar-refractivity contribution in [1.82, 2.24) is 0 Å². The van der Waals surface area contributed by atoms with Crippen molar-refractivity contribution in [3.63, 3.8) is 0 Å². The number of ketones is 2. The number of hydrogen-bond acceptors (Lipinski definition) is 5. The lowest BCUT2D eigenvalue weighted by atomic mass is 9.98. The highest BCUT2D eigenvalue weighted by molar-refractivity contribution is 7.81. The number of ether oxygens (including phenoxy) is 1. The van der Waals surface area contributed by atoms with Gasteiger partial charge in [-0.2, -0.15) is 25.3 Å². The van der Waals surface area contributed by atoms with Crippen LogP contribution in [0.25, 0.3) is 0 Å². The average molecular weight is 391 g/mol. The van der Waals surface area contributed by atoms with Crippen LogP contribution in [0.2, 0.25) is 0 Å². The van der Waals surface area contributed by atoms with Gasteiger partial charge in [0.15, 0.2) is 0 Å². The highest BCUT2D eigenvalue weighted by Gasteiger charge is 2.20. The Morgan fingerprint density at radius 1 is 0.800 bits per heavy atom. The van der Waals surface area contributed by atoms with Crippen LogP contribution < -0.4 is 0 Å². The molecule has 0 fully saturated rings. The molecule has 0 saturated carbocycles. The third kappa shape index (κ3) is 12.9. The minimum absolute atomic E-state index is 0.0487. The quantitative estimate of drug-likeness (QED) is 0.357. The number of rotatable bonds is 16. The van der Waals surface area contributed by atoms with E-state index in [1.54, 1.807) is 0 Å². The lowest BCUT2D eigenvalue weighted by Gasteiger charge is -2.22. The van der Waals surface area contributed by atoms with Crippen molar-refractivity contribution in [2.75, 3.05) is 13.2 Å². The predicted octanol–water partition coefficient (Wildman–Crippen LogP) is 5.17. The van der Waals surface area contributed by atoms with E-state index in [4.69, 9.17) is 4.74 Å². The number of thiol groups is 2. The number of Topliss-reactive ketones (excluding diaryl/α,β-unsaturated/α-hetero) is 2. The fourth-order valence-electron chi connectivity index (χ4n) is 2.58. The summed E-state index contributed by atoms with van der Waals surface area (Å²) < 4.78 is 5.75. The van der Waals surface area contributed by atoms with Crippen LogP contribution in [0.15, 0.2) is 0 Å². The van der Waals surface area contributed by atoms with E-state index in [0.29, 0.717) is 50.5 Å². The second kappa shape index (κ2) is 15.1. The zero-order valence-electron chi connectivity index (χ0n) is 16.5. The van der Waals surface area contributed by atoms with Crippen molar-refractivity contribution in [3.05, 3.63) is 0 Å². The largest absolute Gasteiger partial charge is 0.379 e. The molecule has 0 radical (unpaired) electrons. The Labute approximate surface area is 165 Å². The van der Waals surface area contributed by atoms with Crippen LogP contribution in [0.3, 0.4) is 0 Å². The van der Waals surface area contributed by atoms with E-state index >= 15 is 0 Å². The topological polar surface area (TPSA) is 43.4 Å². The molecule has 0 saturated heterocycles. The van der Waals surface area contributed by atoms with Gasteiger partial charge >= 0.3 is 0 Å². The summed E-state index contributed by atoms with van der Waals surface area (Å²) in [4.78, 5) is 23.7. The molecule has 3 nitrogen and oxygen atoms in total. The minimum Gasteiger partial charge on any atom is -0.379 e. The van der Waals surface area contributed by atoms with E-state index in [1.807, 2.05) is 0 Å². The second-order valence-corrected chi connectivity index (χ2v) is 8.65. The van der Waals surface area contributed by atoms with Gasteiger partial charge in [-0.25, -0.2) is 0 Å². The van der Waals surface area contributed by atoms with Gasteiger partial charge in [0.05, 0.1) is 13.2 Å². The van der Waals surface area contributed by atoms with Gasteiger partial charge in [-0.3, -0.25) is 9.59 Å². The van der Waals surface area contributed by atoms with Gasteiger partial charge in [0, 0.05) is 36.2 Å². The SMILES string of the molecule is CCCCC(=O)CC(C)C(S)COCC(S)C(C)CC(=O)CCCC. The Balaban J connectivity index is 3.98. The Bertz CT molecular complexity index is 340. The molecule has 0 heterocycles. The minimum atomic E-state index is 0.0487. The maximum atomic E-state index is 11.8. The summed E-state index contributed by atoms with van der Waals surface area (Å²) in [6.45, 7) is 9.32. The molecule has 0 aromatic heterocycles. The fourth-order valence-corrected chi connectivity index (χ4v) is 3.00. The Hall–Kier alpha value is -0.0000000000000000555. The molecule has 0 N–H and O–H groups in total. The van der Waals surface area contributed by atoms with Crippen LogP contribution in [0.4, 0.5) is 0 Å². The molecule has 0 amide bonds. The van der Waals surface area contributed by atoms with E-state index < -0.39 is 0 Å². The number of hydrogen-bond donors (Lipinski definition) is 2. The van der Waals surface area contributed by atoms with E-state index in [9.17, 15) is 9.59 Å². The molecule has 4 unspecified atom stereocenters. The van der Waals surface area contributed by atoms with Crippen LogP contribution in [-0.4, -0.2) is 35.3 Å². The van der Waals surface area contributed by atoms with Crippen LogP contribution >= 0.6 is 25.3 Å². The molecule has 0 aromatic carbocycles. The Morgan fingerprint density at radius 2 is 1.16 bits per heavy atom. The normalized spacial score (nSPS) is 16.2. The highest BCUT2D eigenvalue weighted by Crippen LogP contribution is 2.19. The van der Waals surface area contributed by atoms with Gasteiger partial charge < -0.3 is 4.74 Å². The molecule has 0 bridgehead atoms. The molecule has 5 heteroatoms. The molecule has 0 aliphatic carbocycles. The van der Waals surface area contributed by atoms with Crippen LogP contribution in [0.1, 0.15) is 79.1 Å². The summed E-state index contributed by atoms with van der Waals surface area (Å²) in [5.74, 6) is 1.05. The first-order valence-corrected chi connectivity index (χ1v) is 10.8. The molecule has 0 aliphatic heterocycles. The van der Waals surface area contributed by atoms with Gasteiger partial charge in [-0.15, -0.1) is 0 Å². The van der Waals surface area contributed by atoms with Gasteiger partial charge in [0.2, 0.25) is 0 Å². The third-order valence-corrected chi connectivity index (χ3v) is 5.92. The summed E-state index contributed by atoms with van der Waals surface area (Å²) in [6.07, 6.45) is 6.53. The second-order valence-electron chi connectivity index (χ2n) is 7.32. The molecule has 0 aromatic rings. The first-order valence-electron chi connectivity index (χ1n) is 9.78. The zero-order chi connectivity index (χ0) is 19.2. The summed E-state index contributed by atoms with van der Waals surface area (Å²) in [5.41, 5.74) is 0. The molecule has 4 atom stereocenters. The maximum absolute atomic E-state index is 11.8. The maximum Gasteiger partial charge on any atom is 0.133 e. The monoisotopic (exact) mass is 390 g/mol. The molecular weight excluding hydrogens is 352 g/mol. The van der Waals surface area contributed by atoms with E-state index in [1.165, 1.54) is 0 Å². The number of carbonyl (C=O) groups is 2. The van der Waals surface area contributed by atoms with E-state index in [0.717, 1.165) is 25.7 Å². The molecule has 0 spiro atoms. The van der Waals surface area contributed by atoms with Crippen molar-refractivity contribution in [2.24, 2.45) is 11.8 Å².